The number of Topliss-reactive ketones (excluding diaryl/α,β-unsaturated/α-hetero) is 1. The normalized spacial score (nSPS) is 31.8. The fourth-order valence-corrected chi connectivity index (χ4v) is 5.10. The highest BCUT2D eigenvalue weighted by Gasteiger charge is 2.66. The summed E-state index contributed by atoms with van der Waals surface area (Å²) in [4.78, 5) is 51.3. The Morgan fingerprint density at radius 2 is 2.10 bits per heavy atom. The highest BCUT2D eigenvalue weighted by atomic mass is 17.2. The van der Waals surface area contributed by atoms with Crippen LogP contribution < -0.4 is 10.1 Å². The van der Waals surface area contributed by atoms with E-state index in [2.05, 4.69) is 11.9 Å². The standard InChI is InChI=1S/C21H24N2O7/c1-5-13-15-11(7-6-8-14(15)27-2)17(24)16-18-21(10-30-29-4,20(26)28-3)9-12(22-18)19(25)23(13)16/h5-8,12-13,16,18,22H,1,9-10H2,2-4H3. The summed E-state index contributed by atoms with van der Waals surface area (Å²) in [5.74, 6) is -0.619. The van der Waals surface area contributed by atoms with Crippen molar-refractivity contribution in [1.29, 1.82) is 0 Å². The van der Waals surface area contributed by atoms with Gasteiger partial charge >= 0.3 is 5.97 Å². The van der Waals surface area contributed by atoms with E-state index in [9.17, 15) is 14.4 Å². The van der Waals surface area contributed by atoms with Crippen molar-refractivity contribution in [2.75, 3.05) is 27.9 Å². The lowest BCUT2D eigenvalue weighted by Crippen LogP contribution is -2.68. The minimum absolute atomic E-state index is 0.129. The van der Waals surface area contributed by atoms with Crippen molar-refractivity contribution in [2.45, 2.75) is 30.6 Å². The van der Waals surface area contributed by atoms with E-state index in [1.165, 1.54) is 26.2 Å². The third kappa shape index (κ3) is 2.62. The first-order chi connectivity index (χ1) is 14.4. The van der Waals surface area contributed by atoms with Gasteiger partial charge in [0, 0.05) is 11.1 Å². The van der Waals surface area contributed by atoms with Crippen molar-refractivity contribution < 1.29 is 33.6 Å². The van der Waals surface area contributed by atoms with Gasteiger partial charge in [0.15, 0.2) is 5.78 Å². The number of hydrogen-bond donors (Lipinski definition) is 1. The van der Waals surface area contributed by atoms with Gasteiger partial charge in [0.25, 0.3) is 0 Å². The highest BCUT2D eigenvalue weighted by molar-refractivity contribution is 6.08. The molecule has 0 spiro atoms. The second-order valence-corrected chi connectivity index (χ2v) is 7.63. The fraction of sp³-hybridized carbons (Fsp3) is 0.476. The average molecular weight is 416 g/mol. The van der Waals surface area contributed by atoms with Crippen molar-refractivity contribution in [3.05, 3.63) is 42.0 Å². The molecule has 2 bridgehead atoms. The summed E-state index contributed by atoms with van der Waals surface area (Å²) >= 11 is 0. The topological polar surface area (TPSA) is 103 Å². The first kappa shape index (κ1) is 20.5. The molecular formula is C21H24N2O7. The Morgan fingerprint density at radius 3 is 2.73 bits per heavy atom. The second kappa shape index (κ2) is 7.50. The molecule has 3 heterocycles. The number of fused-ring (bicyclic) bond motifs is 5. The molecule has 1 aromatic carbocycles. The van der Waals surface area contributed by atoms with Crippen molar-refractivity contribution >= 4 is 17.7 Å². The zero-order chi connectivity index (χ0) is 21.6. The average Bonchev–Trinajstić information content (AvgIpc) is 3.11. The number of hydrogen-bond acceptors (Lipinski definition) is 8. The largest absolute Gasteiger partial charge is 0.496 e. The number of esters is 1. The number of amides is 1. The monoisotopic (exact) mass is 416 g/mol. The van der Waals surface area contributed by atoms with Crippen LogP contribution in [-0.4, -0.2) is 68.6 Å². The maximum absolute atomic E-state index is 13.6. The lowest BCUT2D eigenvalue weighted by Gasteiger charge is -2.48. The molecule has 0 aromatic heterocycles. The highest BCUT2D eigenvalue weighted by Crippen LogP contribution is 2.49. The molecule has 160 valence electrons. The lowest BCUT2D eigenvalue weighted by molar-refractivity contribution is -0.290. The Hall–Kier alpha value is -2.75. The molecule has 4 rings (SSSR count). The quantitative estimate of drug-likeness (QED) is 0.314. The van der Waals surface area contributed by atoms with E-state index in [1.54, 1.807) is 24.3 Å². The van der Waals surface area contributed by atoms with E-state index >= 15 is 0 Å². The molecule has 0 radical (unpaired) electrons. The molecule has 0 saturated carbocycles. The molecule has 1 aromatic rings. The molecule has 0 aliphatic carbocycles. The number of ketones is 1. The van der Waals surface area contributed by atoms with Crippen LogP contribution in [0, 0.1) is 5.41 Å². The minimum Gasteiger partial charge on any atom is -0.496 e. The van der Waals surface area contributed by atoms with Gasteiger partial charge in [-0.3, -0.25) is 19.7 Å². The predicted octanol–water partition coefficient (Wildman–Crippen LogP) is 0.797. The lowest BCUT2D eigenvalue weighted by atomic mass is 9.74. The van der Waals surface area contributed by atoms with E-state index in [4.69, 9.17) is 19.2 Å². The molecule has 3 aliphatic rings. The summed E-state index contributed by atoms with van der Waals surface area (Å²) in [6, 6.07) is 2.28. The molecular weight excluding hydrogens is 392 g/mol. The van der Waals surface area contributed by atoms with Gasteiger partial charge in [-0.05, 0) is 12.5 Å². The molecule has 9 heteroatoms. The van der Waals surface area contributed by atoms with Gasteiger partial charge < -0.3 is 14.4 Å². The van der Waals surface area contributed by atoms with E-state index in [1.807, 2.05) is 0 Å². The molecule has 9 nitrogen and oxygen atoms in total. The number of ether oxygens (including phenoxy) is 2. The summed E-state index contributed by atoms with van der Waals surface area (Å²) in [6.45, 7) is 3.75. The van der Waals surface area contributed by atoms with Crippen LogP contribution in [0.1, 0.15) is 28.4 Å². The number of carbonyl (C=O) groups excluding carboxylic acids is 3. The van der Waals surface area contributed by atoms with E-state index in [0.29, 0.717) is 16.9 Å². The van der Waals surface area contributed by atoms with Crippen LogP contribution in [0.5, 0.6) is 5.75 Å². The summed E-state index contributed by atoms with van der Waals surface area (Å²) in [5.41, 5.74) is -0.225. The summed E-state index contributed by atoms with van der Waals surface area (Å²) in [7, 11) is 4.12. The summed E-state index contributed by atoms with van der Waals surface area (Å²) in [6.07, 6.45) is 1.75. The Labute approximate surface area is 173 Å². The van der Waals surface area contributed by atoms with Crippen LogP contribution >= 0.6 is 0 Å². The van der Waals surface area contributed by atoms with Crippen LogP contribution in [0.3, 0.4) is 0 Å². The number of carbonyl (C=O) groups is 3. The fourth-order valence-electron chi connectivity index (χ4n) is 5.10. The maximum Gasteiger partial charge on any atom is 0.316 e. The van der Waals surface area contributed by atoms with Gasteiger partial charge in [-0.15, -0.1) is 6.58 Å². The first-order valence-corrected chi connectivity index (χ1v) is 9.61. The molecule has 30 heavy (non-hydrogen) atoms. The van der Waals surface area contributed by atoms with E-state index in [-0.39, 0.29) is 24.7 Å². The molecule has 1 amide bonds. The van der Waals surface area contributed by atoms with Crippen LogP contribution in [0.4, 0.5) is 0 Å². The molecule has 2 fully saturated rings. The van der Waals surface area contributed by atoms with Crippen LogP contribution in [-0.2, 0) is 24.1 Å². The minimum atomic E-state index is -1.26. The van der Waals surface area contributed by atoms with E-state index in [0.717, 1.165) is 0 Å². The Kier molecular flexibility index (Phi) is 5.13. The van der Waals surface area contributed by atoms with Crippen molar-refractivity contribution in [2.24, 2.45) is 5.41 Å². The predicted molar refractivity (Wildman–Crippen MR) is 104 cm³/mol. The van der Waals surface area contributed by atoms with Gasteiger partial charge in [-0.1, -0.05) is 18.2 Å². The van der Waals surface area contributed by atoms with E-state index < -0.39 is 35.6 Å². The number of nitrogens with one attached hydrogen (secondary N) is 1. The Morgan fingerprint density at radius 1 is 1.33 bits per heavy atom. The zero-order valence-corrected chi connectivity index (χ0v) is 17.0. The van der Waals surface area contributed by atoms with Crippen LogP contribution in [0.25, 0.3) is 0 Å². The third-order valence-corrected chi connectivity index (χ3v) is 6.38. The summed E-state index contributed by atoms with van der Waals surface area (Å²) in [5, 5.41) is 3.17. The number of methoxy groups -OCH3 is 2. The molecule has 1 N–H and O–H groups in total. The second-order valence-electron chi connectivity index (χ2n) is 7.63. The number of piperazine rings is 1. The van der Waals surface area contributed by atoms with Gasteiger partial charge in [0.2, 0.25) is 5.91 Å². The van der Waals surface area contributed by atoms with Crippen molar-refractivity contribution in [1.82, 2.24) is 10.2 Å². The number of rotatable bonds is 6. The Balaban J connectivity index is 1.89. The van der Waals surface area contributed by atoms with Gasteiger partial charge in [0.1, 0.15) is 23.8 Å². The van der Waals surface area contributed by atoms with Crippen molar-refractivity contribution in [3.63, 3.8) is 0 Å². The molecule has 3 aliphatic heterocycles. The SMILES string of the molecule is C=CC1c2c(OC)cccc2C(=O)C2C3NC(CC3(COOC)C(=O)OC)C(=O)N12. The number of benzene rings is 1. The molecule has 5 atom stereocenters. The van der Waals surface area contributed by atoms with Crippen LogP contribution in [0.15, 0.2) is 30.9 Å². The maximum atomic E-state index is 13.6. The van der Waals surface area contributed by atoms with Gasteiger partial charge in [-0.25, -0.2) is 9.78 Å². The van der Waals surface area contributed by atoms with Gasteiger partial charge in [0.05, 0.1) is 39.5 Å². The first-order valence-electron chi connectivity index (χ1n) is 9.61. The van der Waals surface area contributed by atoms with Crippen LogP contribution in [0.2, 0.25) is 0 Å². The Bertz CT molecular complexity index is 917. The van der Waals surface area contributed by atoms with Crippen molar-refractivity contribution in [3.8, 4) is 5.75 Å². The molecule has 5 unspecified atom stereocenters. The third-order valence-electron chi connectivity index (χ3n) is 6.38. The van der Waals surface area contributed by atoms with Gasteiger partial charge in [-0.2, -0.15) is 0 Å². The smallest absolute Gasteiger partial charge is 0.316 e. The molecule has 2 saturated heterocycles. The number of nitrogens with zero attached hydrogens (tertiary/aromatic N) is 1. The zero-order valence-electron chi connectivity index (χ0n) is 17.0. The summed E-state index contributed by atoms with van der Waals surface area (Å²) < 4.78 is 10.5.